The van der Waals surface area contributed by atoms with E-state index in [1.54, 1.807) is 48.5 Å². The van der Waals surface area contributed by atoms with E-state index in [2.05, 4.69) is 37.2 Å². The first-order valence-corrected chi connectivity index (χ1v) is 12.7. The van der Waals surface area contributed by atoms with Crippen LogP contribution in [0.4, 0.5) is 5.69 Å². The second kappa shape index (κ2) is 10.5. The van der Waals surface area contributed by atoms with E-state index in [0.29, 0.717) is 21.3 Å². The number of rotatable bonds is 7. The van der Waals surface area contributed by atoms with Crippen LogP contribution in [0.3, 0.4) is 0 Å². The van der Waals surface area contributed by atoms with Gasteiger partial charge in [-0.25, -0.2) is 8.42 Å². The summed E-state index contributed by atoms with van der Waals surface area (Å²) in [6.07, 6.45) is 0. The Morgan fingerprint density at radius 1 is 0.903 bits per heavy atom. The summed E-state index contributed by atoms with van der Waals surface area (Å²) in [6.45, 7) is -0.491. The highest BCUT2D eigenvalue weighted by Crippen LogP contribution is 2.26. The van der Waals surface area contributed by atoms with Gasteiger partial charge in [0.1, 0.15) is 0 Å². The average molecular weight is 607 g/mol. The zero-order valence-electron chi connectivity index (χ0n) is 15.9. The third-order valence-corrected chi connectivity index (χ3v) is 7.71. The van der Waals surface area contributed by atoms with Crippen molar-refractivity contribution in [2.45, 2.75) is 11.4 Å². The summed E-state index contributed by atoms with van der Waals surface area (Å²) in [6, 6.07) is 18.0. The Hall–Kier alpha value is -1.42. The van der Waals surface area contributed by atoms with E-state index in [1.807, 2.05) is 0 Å². The van der Waals surface area contributed by atoms with Crippen molar-refractivity contribution < 1.29 is 13.2 Å². The highest BCUT2D eigenvalue weighted by molar-refractivity contribution is 9.10. The summed E-state index contributed by atoms with van der Waals surface area (Å²) in [5.41, 5.74) is 1.09. The molecule has 5 nitrogen and oxygen atoms in total. The van der Waals surface area contributed by atoms with Crippen molar-refractivity contribution in [3.63, 3.8) is 0 Å². The van der Waals surface area contributed by atoms with Crippen molar-refractivity contribution in [3.8, 4) is 0 Å². The van der Waals surface area contributed by atoms with Gasteiger partial charge in [0.2, 0.25) is 15.9 Å². The molecule has 3 rings (SSSR count). The molecule has 31 heavy (non-hydrogen) atoms. The van der Waals surface area contributed by atoms with Crippen molar-refractivity contribution in [1.82, 2.24) is 4.31 Å². The number of hydrogen-bond acceptors (Lipinski definition) is 3. The first-order valence-electron chi connectivity index (χ1n) is 8.90. The predicted molar refractivity (Wildman–Crippen MR) is 131 cm³/mol. The van der Waals surface area contributed by atoms with Gasteiger partial charge in [0.05, 0.1) is 11.4 Å². The first kappa shape index (κ1) is 24.2. The molecule has 0 fully saturated rings. The van der Waals surface area contributed by atoms with Crippen LogP contribution in [0.2, 0.25) is 10.0 Å². The summed E-state index contributed by atoms with van der Waals surface area (Å²) in [5, 5.41) is 3.47. The van der Waals surface area contributed by atoms with Crippen LogP contribution in [-0.4, -0.2) is 25.2 Å². The van der Waals surface area contributed by atoms with E-state index in [0.717, 1.165) is 13.3 Å². The van der Waals surface area contributed by atoms with Gasteiger partial charge in [-0.1, -0.05) is 61.1 Å². The molecule has 0 aliphatic rings. The van der Waals surface area contributed by atoms with Gasteiger partial charge in [-0.05, 0) is 66.2 Å². The summed E-state index contributed by atoms with van der Waals surface area (Å²) >= 11 is 18.8. The van der Waals surface area contributed by atoms with Crippen LogP contribution in [0.25, 0.3) is 0 Å². The van der Waals surface area contributed by atoms with Gasteiger partial charge in [0.25, 0.3) is 0 Å². The topological polar surface area (TPSA) is 66.5 Å². The minimum absolute atomic E-state index is 0.0669. The Morgan fingerprint density at radius 3 is 2.06 bits per heavy atom. The average Bonchev–Trinajstić information content (AvgIpc) is 2.71. The van der Waals surface area contributed by atoms with Crippen molar-refractivity contribution in [1.29, 1.82) is 0 Å². The highest BCUT2D eigenvalue weighted by Gasteiger charge is 2.27. The fraction of sp³-hybridized carbons (Fsp3) is 0.0952. The number of anilines is 1. The zero-order chi connectivity index (χ0) is 22.6. The third-order valence-electron chi connectivity index (χ3n) is 4.26. The largest absolute Gasteiger partial charge is 0.325 e. The van der Waals surface area contributed by atoms with Gasteiger partial charge in [0, 0.05) is 31.2 Å². The number of nitrogens with zero attached hydrogens (tertiary/aromatic N) is 1. The van der Waals surface area contributed by atoms with Gasteiger partial charge in [-0.3, -0.25) is 4.79 Å². The molecular formula is C21H16Br2Cl2N2O3S. The van der Waals surface area contributed by atoms with E-state index in [4.69, 9.17) is 23.2 Å². The standard InChI is InChI=1S/C21H16Br2Cl2N2O3S/c22-15-2-7-18(8-3-15)26-21(28)13-27(12-14-1-6-17(24)11-20(14)25)31(29,30)19-9-4-16(23)5-10-19/h1-11H,12-13H2,(H,26,28). The number of halogens is 4. The van der Waals surface area contributed by atoms with E-state index >= 15 is 0 Å². The number of carbonyl (C=O) groups is 1. The minimum atomic E-state index is -3.98. The quantitative estimate of drug-likeness (QED) is 0.341. The fourth-order valence-electron chi connectivity index (χ4n) is 2.72. The number of amides is 1. The van der Waals surface area contributed by atoms with Crippen molar-refractivity contribution in [2.24, 2.45) is 0 Å². The number of carbonyl (C=O) groups excluding carboxylic acids is 1. The van der Waals surface area contributed by atoms with Gasteiger partial charge < -0.3 is 5.32 Å². The molecule has 0 saturated heterocycles. The maximum atomic E-state index is 13.3. The van der Waals surface area contributed by atoms with Crippen LogP contribution in [-0.2, 0) is 21.4 Å². The Morgan fingerprint density at radius 2 is 1.48 bits per heavy atom. The summed E-state index contributed by atoms with van der Waals surface area (Å²) in [4.78, 5) is 12.7. The number of nitrogens with one attached hydrogen (secondary N) is 1. The van der Waals surface area contributed by atoms with Gasteiger partial charge in [-0.15, -0.1) is 0 Å². The van der Waals surface area contributed by atoms with Crippen molar-refractivity contribution in [2.75, 3.05) is 11.9 Å². The third kappa shape index (κ3) is 6.54. The number of benzene rings is 3. The highest BCUT2D eigenvalue weighted by atomic mass is 79.9. The lowest BCUT2D eigenvalue weighted by Gasteiger charge is -2.22. The fourth-order valence-corrected chi connectivity index (χ4v) is 5.09. The van der Waals surface area contributed by atoms with Crippen molar-refractivity contribution in [3.05, 3.63) is 91.3 Å². The molecule has 0 saturated carbocycles. The summed E-state index contributed by atoms with van der Waals surface area (Å²) < 4.78 is 29.3. The van der Waals surface area contributed by atoms with Gasteiger partial charge >= 0.3 is 0 Å². The van der Waals surface area contributed by atoms with Crippen LogP contribution in [0, 0.1) is 0 Å². The summed E-state index contributed by atoms with van der Waals surface area (Å²) in [5.74, 6) is -0.479. The minimum Gasteiger partial charge on any atom is -0.325 e. The number of sulfonamides is 1. The second-order valence-electron chi connectivity index (χ2n) is 6.52. The maximum absolute atomic E-state index is 13.3. The molecule has 3 aromatic rings. The first-order chi connectivity index (χ1) is 14.6. The molecule has 3 aromatic carbocycles. The normalized spacial score (nSPS) is 11.5. The Kier molecular flexibility index (Phi) is 8.18. The van der Waals surface area contributed by atoms with Crippen LogP contribution in [0.1, 0.15) is 5.56 Å². The molecule has 0 spiro atoms. The molecule has 0 heterocycles. The lowest BCUT2D eigenvalue weighted by atomic mass is 10.2. The van der Waals surface area contributed by atoms with Crippen LogP contribution >= 0.6 is 55.1 Å². The Labute approximate surface area is 207 Å². The SMILES string of the molecule is O=C(CN(Cc1ccc(Cl)cc1Cl)S(=O)(=O)c1ccc(Br)cc1)Nc1ccc(Br)cc1. The van der Waals surface area contributed by atoms with E-state index in [1.165, 1.54) is 18.2 Å². The zero-order valence-corrected chi connectivity index (χ0v) is 21.4. The van der Waals surface area contributed by atoms with E-state index < -0.39 is 22.5 Å². The molecule has 0 radical (unpaired) electrons. The van der Waals surface area contributed by atoms with Crippen molar-refractivity contribution >= 4 is 76.7 Å². The molecule has 162 valence electrons. The molecular weight excluding hydrogens is 591 g/mol. The molecule has 10 heteroatoms. The molecule has 1 N–H and O–H groups in total. The lowest BCUT2D eigenvalue weighted by molar-refractivity contribution is -0.116. The smallest absolute Gasteiger partial charge is 0.243 e. The van der Waals surface area contributed by atoms with E-state index in [-0.39, 0.29) is 11.4 Å². The molecule has 0 unspecified atom stereocenters. The molecule has 0 aromatic heterocycles. The van der Waals surface area contributed by atoms with Gasteiger partial charge in [0.15, 0.2) is 0 Å². The van der Waals surface area contributed by atoms with Crippen LogP contribution in [0.5, 0.6) is 0 Å². The predicted octanol–water partition coefficient (Wildman–Crippen LogP) is 6.35. The molecule has 0 aliphatic heterocycles. The summed E-state index contributed by atoms with van der Waals surface area (Å²) in [7, 11) is -3.98. The molecule has 1 amide bonds. The Bertz CT molecular complexity index is 1190. The van der Waals surface area contributed by atoms with Gasteiger partial charge in [-0.2, -0.15) is 4.31 Å². The second-order valence-corrected chi connectivity index (χ2v) is 11.1. The monoisotopic (exact) mass is 604 g/mol. The molecule has 0 bridgehead atoms. The van der Waals surface area contributed by atoms with E-state index in [9.17, 15) is 13.2 Å². The number of hydrogen-bond donors (Lipinski definition) is 1. The van der Waals surface area contributed by atoms with Crippen LogP contribution in [0.15, 0.2) is 80.6 Å². The molecule has 0 aliphatic carbocycles. The Balaban J connectivity index is 1.90. The lowest BCUT2D eigenvalue weighted by Crippen LogP contribution is -2.37. The maximum Gasteiger partial charge on any atom is 0.243 e. The molecule has 0 atom stereocenters. The van der Waals surface area contributed by atoms with Crippen LogP contribution < -0.4 is 5.32 Å².